The normalized spacial score (nSPS) is 17.4. The van der Waals surface area contributed by atoms with Gasteiger partial charge in [0.2, 0.25) is 0 Å². The topological polar surface area (TPSA) is 57.1 Å². The molecule has 6 aromatic rings. The van der Waals surface area contributed by atoms with Gasteiger partial charge in [-0.05, 0) is 45.8 Å². The van der Waals surface area contributed by atoms with Crippen molar-refractivity contribution in [2.24, 2.45) is 0 Å². The third kappa shape index (κ3) is 4.00. The molecule has 0 amide bonds. The largest absolute Gasteiger partial charge is 0.497 e. The average Bonchev–Trinajstić information content (AvgIpc) is 3.31. The van der Waals surface area contributed by atoms with E-state index in [0.717, 1.165) is 39.0 Å². The second-order valence-electron chi connectivity index (χ2n) is 11.9. The molecule has 0 N–H and O–H groups in total. The van der Waals surface area contributed by atoms with E-state index in [4.69, 9.17) is 9.47 Å². The van der Waals surface area contributed by atoms with E-state index in [1.54, 1.807) is 19.2 Å². The summed E-state index contributed by atoms with van der Waals surface area (Å²) in [6, 6.07) is 32.1. The summed E-state index contributed by atoms with van der Waals surface area (Å²) in [5.41, 5.74) is 6.98. The molecule has 0 radical (unpaired) electrons. The fraction of sp³-hybridized carbons (Fsp3) is 0.132. The molecule has 0 fully saturated rings. The van der Waals surface area contributed by atoms with E-state index in [1.165, 1.54) is 22.3 Å². The monoisotopic (exact) mass is 595 g/mol. The number of benzene rings is 5. The minimum Gasteiger partial charge on any atom is -0.497 e. The van der Waals surface area contributed by atoms with E-state index < -0.39 is 17.8 Å². The first-order valence-corrected chi connectivity index (χ1v) is 14.7. The summed E-state index contributed by atoms with van der Waals surface area (Å²) in [5, 5.41) is 2.16. The molecule has 45 heavy (non-hydrogen) atoms. The smallest absolute Gasteiger partial charge is 0.314 e. The van der Waals surface area contributed by atoms with Crippen molar-refractivity contribution < 1.29 is 18.3 Å². The van der Waals surface area contributed by atoms with Gasteiger partial charge < -0.3 is 9.47 Å². The van der Waals surface area contributed by atoms with Crippen LogP contribution in [0, 0.1) is 12.2 Å². The molecule has 0 spiro atoms. The van der Waals surface area contributed by atoms with Crippen LogP contribution in [0.1, 0.15) is 41.7 Å². The van der Waals surface area contributed by atoms with Crippen molar-refractivity contribution >= 4 is 16.8 Å². The van der Waals surface area contributed by atoms with Crippen molar-refractivity contribution in [2.45, 2.75) is 24.9 Å². The fourth-order valence-electron chi connectivity index (χ4n) is 7.04. The second kappa shape index (κ2) is 9.79. The Labute approximate surface area is 258 Å². The Kier molecular flexibility index (Phi) is 5.91. The Morgan fingerprint density at radius 1 is 0.711 bits per heavy atom. The number of ether oxygens (including phenoxy) is 2. The van der Waals surface area contributed by atoms with Gasteiger partial charge in [-0.2, -0.15) is 23.7 Å². The van der Waals surface area contributed by atoms with Crippen LogP contribution in [0.3, 0.4) is 0 Å². The third-order valence-corrected chi connectivity index (χ3v) is 9.12. The molecule has 1 unspecified atom stereocenters. The molecule has 0 bridgehead atoms. The number of aromatic nitrogens is 3. The number of halogens is 2. The van der Waals surface area contributed by atoms with Crippen molar-refractivity contribution in [2.75, 3.05) is 7.11 Å². The summed E-state index contributed by atoms with van der Waals surface area (Å²) in [6.07, 6.45) is 1.95. The van der Waals surface area contributed by atoms with Crippen LogP contribution in [0.5, 0.6) is 11.5 Å². The quantitative estimate of drug-likeness (QED) is 0.204. The highest BCUT2D eigenvalue weighted by atomic mass is 19.1. The van der Waals surface area contributed by atoms with Gasteiger partial charge in [-0.15, -0.1) is 0 Å². The van der Waals surface area contributed by atoms with E-state index in [9.17, 15) is 8.78 Å². The highest BCUT2D eigenvalue weighted by molar-refractivity contribution is 6.08. The molecule has 2 heterocycles. The number of methoxy groups -OCH3 is 1. The molecule has 8 rings (SSSR count). The molecule has 1 atom stereocenters. The number of hydrogen-bond donors (Lipinski definition) is 0. The van der Waals surface area contributed by atoms with Crippen LogP contribution in [-0.4, -0.2) is 22.1 Å². The van der Waals surface area contributed by atoms with Gasteiger partial charge in [-0.1, -0.05) is 105 Å². The van der Waals surface area contributed by atoms with Crippen LogP contribution < -0.4 is 9.47 Å². The van der Waals surface area contributed by atoms with Crippen molar-refractivity contribution in [3.8, 4) is 34.0 Å². The Balaban J connectivity index is 1.36. The zero-order valence-electron chi connectivity index (χ0n) is 24.8. The van der Waals surface area contributed by atoms with E-state index in [2.05, 4.69) is 83.4 Å². The summed E-state index contributed by atoms with van der Waals surface area (Å²) >= 11 is 0. The molecule has 1 aliphatic heterocycles. The summed E-state index contributed by atoms with van der Waals surface area (Å²) in [6.45, 7) is 4.55. The molecule has 220 valence electrons. The Bertz CT molecular complexity index is 2160. The van der Waals surface area contributed by atoms with E-state index in [1.807, 2.05) is 42.5 Å². The zero-order valence-corrected chi connectivity index (χ0v) is 24.8. The highest BCUT2D eigenvalue weighted by Gasteiger charge is 2.44. The molecule has 7 heteroatoms. The minimum absolute atomic E-state index is 0.0844. The SMILES string of the molecule is COc1ccc(C2(c3ccc(-c4nc(F)nc(F)n4)cc3)C=Cc3c4c(c5ccccc5c3O2)-c2ccccc2C4(C)C)cc1. The van der Waals surface area contributed by atoms with Gasteiger partial charge in [0.05, 0.1) is 7.11 Å². The first-order valence-electron chi connectivity index (χ1n) is 14.7. The predicted octanol–water partition coefficient (Wildman–Crippen LogP) is 8.63. The molecule has 5 nitrogen and oxygen atoms in total. The number of nitrogens with zero attached hydrogens (tertiary/aromatic N) is 3. The van der Waals surface area contributed by atoms with Gasteiger partial charge in [-0.3, -0.25) is 0 Å². The van der Waals surface area contributed by atoms with Gasteiger partial charge >= 0.3 is 12.2 Å². The van der Waals surface area contributed by atoms with E-state index in [0.29, 0.717) is 5.56 Å². The van der Waals surface area contributed by atoms with Crippen LogP contribution in [0.4, 0.5) is 8.78 Å². The lowest BCUT2D eigenvalue weighted by atomic mass is 9.76. The maximum absolute atomic E-state index is 13.8. The predicted molar refractivity (Wildman–Crippen MR) is 170 cm³/mol. The standard InChI is InChI=1S/C38H27F2N3O2/c1-37(2)30-11-7-6-10-28(30)31-26-8-4-5-9-27(26)33-29(32(31)37)20-21-38(45-33,24-16-18-25(44-3)19-17-24)23-14-12-22(13-15-23)34-41-35(39)43-36(40)42-34/h4-21H,1-3H3. The number of rotatable bonds is 4. The molecule has 1 aromatic heterocycles. The molecule has 0 saturated carbocycles. The van der Waals surface area contributed by atoms with Crippen LogP contribution in [0.15, 0.2) is 103 Å². The second-order valence-corrected chi connectivity index (χ2v) is 11.9. The van der Waals surface area contributed by atoms with Gasteiger partial charge in [0.15, 0.2) is 11.4 Å². The van der Waals surface area contributed by atoms with E-state index in [-0.39, 0.29) is 11.2 Å². The average molecular weight is 596 g/mol. The maximum atomic E-state index is 13.8. The molecule has 2 aliphatic rings. The summed E-state index contributed by atoms with van der Waals surface area (Å²) in [7, 11) is 1.63. The minimum atomic E-state index is -1.17. The molecular formula is C38H27F2N3O2. The molecular weight excluding hydrogens is 568 g/mol. The van der Waals surface area contributed by atoms with Crippen molar-refractivity contribution in [3.05, 3.63) is 143 Å². The maximum Gasteiger partial charge on any atom is 0.314 e. The fourth-order valence-corrected chi connectivity index (χ4v) is 7.04. The summed E-state index contributed by atoms with van der Waals surface area (Å²) in [4.78, 5) is 10.4. The van der Waals surface area contributed by atoms with Gasteiger partial charge in [-0.25, -0.2) is 0 Å². The van der Waals surface area contributed by atoms with Gasteiger partial charge in [0.1, 0.15) is 11.5 Å². The zero-order chi connectivity index (χ0) is 30.9. The Morgan fingerprint density at radius 2 is 1.33 bits per heavy atom. The van der Waals surface area contributed by atoms with Crippen molar-refractivity contribution in [3.63, 3.8) is 0 Å². The summed E-state index contributed by atoms with van der Waals surface area (Å²) < 4.78 is 40.3. The molecule has 0 saturated heterocycles. The first kappa shape index (κ1) is 27.1. The lowest BCUT2D eigenvalue weighted by Gasteiger charge is -2.38. The van der Waals surface area contributed by atoms with E-state index >= 15 is 0 Å². The highest BCUT2D eigenvalue weighted by Crippen LogP contribution is 2.58. The number of hydrogen-bond acceptors (Lipinski definition) is 5. The van der Waals surface area contributed by atoms with Crippen LogP contribution in [-0.2, 0) is 11.0 Å². The third-order valence-electron chi connectivity index (χ3n) is 9.12. The Hall–Kier alpha value is -5.43. The Morgan fingerprint density at radius 3 is 2.02 bits per heavy atom. The number of fused-ring (bicyclic) bond motifs is 8. The summed E-state index contributed by atoms with van der Waals surface area (Å²) in [5.74, 6) is 1.44. The first-order chi connectivity index (χ1) is 21.8. The van der Waals surface area contributed by atoms with Crippen LogP contribution in [0.25, 0.3) is 39.4 Å². The lowest BCUT2D eigenvalue weighted by Crippen LogP contribution is -2.35. The van der Waals surface area contributed by atoms with Crippen LogP contribution in [0.2, 0.25) is 0 Å². The van der Waals surface area contributed by atoms with Gasteiger partial charge in [0, 0.05) is 33.1 Å². The van der Waals surface area contributed by atoms with Crippen LogP contribution >= 0.6 is 0 Å². The molecule has 5 aromatic carbocycles. The lowest BCUT2D eigenvalue weighted by molar-refractivity contribution is 0.163. The molecule has 1 aliphatic carbocycles. The van der Waals surface area contributed by atoms with Crippen molar-refractivity contribution in [1.29, 1.82) is 0 Å². The van der Waals surface area contributed by atoms with Crippen molar-refractivity contribution in [1.82, 2.24) is 15.0 Å². The van der Waals surface area contributed by atoms with Gasteiger partial charge in [0.25, 0.3) is 0 Å².